The average Bonchev–Trinajstić information content (AvgIpc) is 2.18. The smallest absolute Gasteiger partial charge is 0.543 e. The molecule has 2 bridgehead atoms. The van der Waals surface area contributed by atoms with Gasteiger partial charge in [-0.15, -0.1) is 0 Å². The molecule has 0 radical (unpaired) electrons. The van der Waals surface area contributed by atoms with Gasteiger partial charge < -0.3 is 30.4 Å². The Bertz CT molecular complexity index is 218. The van der Waals surface area contributed by atoms with Crippen LogP contribution in [0.2, 0.25) is 0 Å². The predicted octanol–water partition coefficient (Wildman–Crippen LogP) is -3.70. The molecule has 0 aromatic rings. The van der Waals surface area contributed by atoms with Gasteiger partial charge in [0.15, 0.2) is 0 Å². The van der Waals surface area contributed by atoms with Crippen molar-refractivity contribution in [3.63, 3.8) is 0 Å². The Labute approximate surface area is 108 Å². The maximum absolute atomic E-state index is 8.93. The number of carboxylic acid groups (broad SMARTS) is 2. The van der Waals surface area contributed by atoms with Gasteiger partial charge in [-0.25, -0.2) is 0 Å². The number of rotatable bonds is 0. The normalized spacial score (nSPS) is 26.8. The van der Waals surface area contributed by atoms with Gasteiger partial charge in [-0.3, -0.25) is 0 Å². The SMILES string of the molecule is C1NCC2CNCC1C2.O=C([O-])C(=O)[O-].[Pt+4]. The van der Waals surface area contributed by atoms with E-state index < -0.39 is 11.9 Å². The number of nitrogens with one attached hydrogen (secondary N) is 2. The van der Waals surface area contributed by atoms with Crippen LogP contribution in [0.4, 0.5) is 0 Å². The van der Waals surface area contributed by atoms with E-state index in [0.717, 1.165) is 11.8 Å². The minimum absolute atomic E-state index is 0. The summed E-state index contributed by atoms with van der Waals surface area (Å²) in [6.07, 6.45) is 1.46. The van der Waals surface area contributed by atoms with Crippen LogP contribution >= 0.6 is 0 Å². The Kier molecular flexibility index (Phi) is 7.54. The van der Waals surface area contributed by atoms with Crippen molar-refractivity contribution < 1.29 is 40.9 Å². The van der Waals surface area contributed by atoms with Gasteiger partial charge in [0.25, 0.3) is 0 Å². The predicted molar refractivity (Wildman–Crippen MR) is 47.4 cm³/mol. The Hall–Kier alpha value is -0.452. The van der Waals surface area contributed by atoms with Gasteiger partial charge in [-0.2, -0.15) is 0 Å². The van der Waals surface area contributed by atoms with Crippen molar-refractivity contribution in [1.82, 2.24) is 10.6 Å². The average molecular weight is 409 g/mol. The number of carboxylic acids is 2. The first-order valence-corrected chi connectivity index (χ1v) is 4.93. The molecule has 16 heavy (non-hydrogen) atoms. The third kappa shape index (κ3) is 5.58. The minimum atomic E-state index is -2.19. The molecule has 0 aliphatic carbocycles. The van der Waals surface area contributed by atoms with Crippen LogP contribution in [0.1, 0.15) is 6.42 Å². The number of carbonyl (C=O) groups excluding carboxylic acids is 2. The molecule has 0 aromatic carbocycles. The summed E-state index contributed by atoms with van der Waals surface area (Å²) < 4.78 is 0. The van der Waals surface area contributed by atoms with Crippen molar-refractivity contribution >= 4 is 11.9 Å². The number of aliphatic carboxylic acids is 2. The largest absolute Gasteiger partial charge is 4.00 e. The van der Waals surface area contributed by atoms with Gasteiger partial charge in [0, 0.05) is 0 Å². The molecular formula is C9H14N2O4Pt+2. The van der Waals surface area contributed by atoms with E-state index >= 15 is 0 Å². The van der Waals surface area contributed by atoms with Crippen molar-refractivity contribution in [3.05, 3.63) is 0 Å². The maximum Gasteiger partial charge on any atom is 4.00 e. The summed E-state index contributed by atoms with van der Waals surface area (Å²) in [6, 6.07) is 0. The molecule has 2 aliphatic rings. The number of hydrogen-bond donors (Lipinski definition) is 2. The van der Waals surface area contributed by atoms with E-state index in [9.17, 15) is 0 Å². The summed E-state index contributed by atoms with van der Waals surface area (Å²) in [5, 5.41) is 24.7. The van der Waals surface area contributed by atoms with Crippen LogP contribution in [0.3, 0.4) is 0 Å². The minimum Gasteiger partial charge on any atom is -0.543 e. The molecule has 0 saturated carbocycles. The molecule has 2 aliphatic heterocycles. The fourth-order valence-electron chi connectivity index (χ4n) is 1.93. The fraction of sp³-hybridized carbons (Fsp3) is 0.778. The molecule has 0 amide bonds. The Morgan fingerprint density at radius 3 is 1.38 bits per heavy atom. The molecule has 2 N–H and O–H groups in total. The van der Waals surface area contributed by atoms with Gasteiger partial charge >= 0.3 is 21.1 Å². The Balaban J connectivity index is 0.000000289. The summed E-state index contributed by atoms with van der Waals surface area (Å²) in [5.41, 5.74) is 0. The summed E-state index contributed by atoms with van der Waals surface area (Å²) in [7, 11) is 0. The molecule has 0 atom stereocenters. The molecular weight excluding hydrogens is 395 g/mol. The standard InChI is InChI=1S/C7H14N2.C2H2O4.Pt/c1-6-2-8-4-7(1)5-9-3-6;3-1(4)2(5)6;/h6-9H,1-5H2;(H,3,4)(H,5,6);/q;;+4/p-2. The van der Waals surface area contributed by atoms with Crippen LogP contribution < -0.4 is 20.8 Å². The van der Waals surface area contributed by atoms with Crippen LogP contribution in [0.15, 0.2) is 0 Å². The van der Waals surface area contributed by atoms with Gasteiger partial charge in [0.05, 0.1) is 11.9 Å². The molecule has 6 nitrogen and oxygen atoms in total. The Morgan fingerprint density at radius 2 is 1.19 bits per heavy atom. The van der Waals surface area contributed by atoms with Crippen molar-refractivity contribution in [2.45, 2.75) is 6.42 Å². The van der Waals surface area contributed by atoms with E-state index in [1.807, 2.05) is 0 Å². The molecule has 0 aromatic heterocycles. The van der Waals surface area contributed by atoms with E-state index in [1.54, 1.807) is 0 Å². The maximum atomic E-state index is 8.93. The van der Waals surface area contributed by atoms with Gasteiger partial charge in [-0.05, 0) is 44.4 Å². The van der Waals surface area contributed by atoms with Crippen LogP contribution in [0.25, 0.3) is 0 Å². The Morgan fingerprint density at radius 1 is 0.875 bits per heavy atom. The van der Waals surface area contributed by atoms with Crippen molar-refractivity contribution in [1.29, 1.82) is 0 Å². The van der Waals surface area contributed by atoms with E-state index in [-0.39, 0.29) is 21.1 Å². The summed E-state index contributed by atoms with van der Waals surface area (Å²) in [4.78, 5) is 17.9. The fourth-order valence-corrected chi connectivity index (χ4v) is 1.93. The quantitative estimate of drug-likeness (QED) is 0.399. The molecule has 0 spiro atoms. The third-order valence-electron chi connectivity index (χ3n) is 2.57. The van der Waals surface area contributed by atoms with E-state index in [4.69, 9.17) is 19.8 Å². The van der Waals surface area contributed by atoms with Crippen LogP contribution in [0, 0.1) is 11.8 Å². The monoisotopic (exact) mass is 409 g/mol. The van der Waals surface area contributed by atoms with Crippen molar-refractivity contribution in [3.8, 4) is 0 Å². The molecule has 7 heteroatoms. The van der Waals surface area contributed by atoms with Crippen molar-refractivity contribution in [2.75, 3.05) is 26.2 Å². The zero-order valence-corrected chi connectivity index (χ0v) is 10.9. The van der Waals surface area contributed by atoms with Crippen LogP contribution in [0.5, 0.6) is 0 Å². The van der Waals surface area contributed by atoms with Gasteiger partial charge in [-0.1, -0.05) is 0 Å². The molecule has 2 heterocycles. The third-order valence-corrected chi connectivity index (χ3v) is 2.57. The van der Waals surface area contributed by atoms with Crippen LogP contribution in [-0.4, -0.2) is 38.1 Å². The summed E-state index contributed by atoms with van der Waals surface area (Å²) in [6.45, 7) is 4.96. The first-order valence-electron chi connectivity index (χ1n) is 4.93. The number of hydrogen-bond acceptors (Lipinski definition) is 6. The second-order valence-electron chi connectivity index (χ2n) is 3.86. The van der Waals surface area contributed by atoms with E-state index in [1.165, 1.54) is 32.6 Å². The van der Waals surface area contributed by atoms with E-state index in [0.29, 0.717) is 0 Å². The van der Waals surface area contributed by atoms with Gasteiger partial charge in [0.1, 0.15) is 0 Å². The molecule has 0 unspecified atom stereocenters. The first-order chi connectivity index (χ1) is 7.09. The molecule has 2 rings (SSSR count). The zero-order chi connectivity index (χ0) is 11.3. The first kappa shape index (κ1) is 15.5. The summed E-state index contributed by atoms with van der Waals surface area (Å²) >= 11 is 0. The molecule has 92 valence electrons. The number of piperidine rings is 2. The zero-order valence-electron chi connectivity index (χ0n) is 8.64. The van der Waals surface area contributed by atoms with E-state index in [2.05, 4.69) is 10.6 Å². The summed E-state index contributed by atoms with van der Waals surface area (Å²) in [5.74, 6) is -2.51. The second kappa shape index (κ2) is 7.76. The number of fused-ring (bicyclic) bond motifs is 2. The van der Waals surface area contributed by atoms with Crippen molar-refractivity contribution in [2.24, 2.45) is 11.8 Å². The molecule has 2 fully saturated rings. The molecule has 2 saturated heterocycles. The van der Waals surface area contributed by atoms with Gasteiger partial charge in [0.2, 0.25) is 0 Å². The number of carbonyl (C=O) groups is 2. The topological polar surface area (TPSA) is 104 Å². The second-order valence-corrected chi connectivity index (χ2v) is 3.86. The van der Waals surface area contributed by atoms with Crippen LogP contribution in [-0.2, 0) is 30.7 Å².